The fraction of sp³-hybridized carbons (Fsp3) is 0.267. The molecule has 7 nitrogen and oxygen atoms in total. The molecule has 192 valence electrons. The fourth-order valence-electron chi connectivity index (χ4n) is 4.46. The Labute approximate surface area is 216 Å². The molecule has 0 aromatic heterocycles. The molecular formula is C30H31NO6. The summed E-state index contributed by atoms with van der Waals surface area (Å²) in [6, 6.07) is 21.3. The third kappa shape index (κ3) is 5.84. The second kappa shape index (κ2) is 11.8. The highest BCUT2D eigenvalue weighted by Crippen LogP contribution is 2.40. The number of aryl methyl sites for hydroxylation is 1. The van der Waals surface area contributed by atoms with Crippen LogP contribution in [0.1, 0.15) is 34.7 Å². The van der Waals surface area contributed by atoms with Gasteiger partial charge in [0.1, 0.15) is 23.9 Å². The number of rotatable bonds is 10. The Morgan fingerprint density at radius 3 is 2.30 bits per heavy atom. The van der Waals surface area contributed by atoms with E-state index in [1.807, 2.05) is 25.1 Å². The predicted molar refractivity (Wildman–Crippen MR) is 140 cm³/mol. The number of Topliss-reactive ketones (excluding diaryl/α,β-unsaturated/α-hetero) is 1. The van der Waals surface area contributed by atoms with Crippen molar-refractivity contribution >= 4 is 17.4 Å². The van der Waals surface area contributed by atoms with E-state index < -0.39 is 17.7 Å². The molecule has 3 aromatic rings. The summed E-state index contributed by atoms with van der Waals surface area (Å²) in [6.45, 7) is 3.21. The normalized spacial score (nSPS) is 16.7. The van der Waals surface area contributed by atoms with Gasteiger partial charge in [0.05, 0.1) is 18.7 Å². The van der Waals surface area contributed by atoms with Gasteiger partial charge in [0.25, 0.3) is 11.7 Å². The third-order valence-corrected chi connectivity index (χ3v) is 6.33. The maximum atomic E-state index is 13.1. The number of aliphatic hydroxyl groups is 1. The number of methoxy groups -OCH3 is 2. The Morgan fingerprint density at radius 2 is 1.65 bits per heavy atom. The minimum Gasteiger partial charge on any atom is -0.507 e. The number of carbonyl (C=O) groups excluding carboxylic acids is 2. The molecule has 1 aliphatic rings. The van der Waals surface area contributed by atoms with Gasteiger partial charge in [0, 0.05) is 25.8 Å². The monoisotopic (exact) mass is 501 g/mol. The van der Waals surface area contributed by atoms with Crippen LogP contribution in [0.4, 0.5) is 0 Å². The molecule has 37 heavy (non-hydrogen) atoms. The van der Waals surface area contributed by atoms with Crippen LogP contribution >= 0.6 is 0 Å². The van der Waals surface area contributed by atoms with Crippen LogP contribution in [0.5, 0.6) is 11.5 Å². The highest BCUT2D eigenvalue weighted by atomic mass is 16.5. The van der Waals surface area contributed by atoms with Gasteiger partial charge in [-0.15, -0.1) is 0 Å². The lowest BCUT2D eigenvalue weighted by atomic mass is 9.95. The highest BCUT2D eigenvalue weighted by Gasteiger charge is 2.45. The molecule has 1 aliphatic heterocycles. The molecule has 0 bridgehead atoms. The zero-order chi connectivity index (χ0) is 26.4. The summed E-state index contributed by atoms with van der Waals surface area (Å²) in [4.78, 5) is 27.6. The van der Waals surface area contributed by atoms with Crippen molar-refractivity contribution in [1.29, 1.82) is 0 Å². The van der Waals surface area contributed by atoms with E-state index in [-0.39, 0.29) is 11.3 Å². The van der Waals surface area contributed by atoms with Gasteiger partial charge in [-0.3, -0.25) is 9.59 Å². The molecule has 1 N–H and O–H groups in total. The van der Waals surface area contributed by atoms with Crippen molar-refractivity contribution in [1.82, 2.24) is 4.90 Å². The van der Waals surface area contributed by atoms with Crippen molar-refractivity contribution in [2.24, 2.45) is 0 Å². The molecule has 1 saturated heterocycles. The predicted octanol–water partition coefficient (Wildman–Crippen LogP) is 5.04. The van der Waals surface area contributed by atoms with Crippen molar-refractivity contribution in [3.05, 3.63) is 101 Å². The first-order valence-corrected chi connectivity index (χ1v) is 12.1. The largest absolute Gasteiger partial charge is 0.507 e. The van der Waals surface area contributed by atoms with E-state index in [1.54, 1.807) is 62.8 Å². The molecular weight excluding hydrogens is 470 g/mol. The van der Waals surface area contributed by atoms with Gasteiger partial charge >= 0.3 is 0 Å². The number of benzene rings is 3. The van der Waals surface area contributed by atoms with Crippen LogP contribution in [0.3, 0.4) is 0 Å². The number of aliphatic hydroxyl groups excluding tert-OH is 1. The lowest BCUT2D eigenvalue weighted by molar-refractivity contribution is -0.140. The van der Waals surface area contributed by atoms with Crippen LogP contribution in [0.2, 0.25) is 0 Å². The Kier molecular flexibility index (Phi) is 8.25. The zero-order valence-electron chi connectivity index (χ0n) is 21.3. The lowest BCUT2D eigenvalue weighted by Crippen LogP contribution is -2.31. The molecule has 4 rings (SSSR count). The first-order valence-electron chi connectivity index (χ1n) is 12.1. The topological polar surface area (TPSA) is 85.3 Å². The number of ketones is 1. The molecule has 7 heteroatoms. The van der Waals surface area contributed by atoms with Gasteiger partial charge in [-0.25, -0.2) is 0 Å². The van der Waals surface area contributed by atoms with Crippen molar-refractivity contribution < 1.29 is 28.9 Å². The maximum absolute atomic E-state index is 13.1. The highest BCUT2D eigenvalue weighted by molar-refractivity contribution is 6.46. The van der Waals surface area contributed by atoms with Crippen LogP contribution < -0.4 is 9.47 Å². The number of hydrogen-bond donors (Lipinski definition) is 1. The fourth-order valence-corrected chi connectivity index (χ4v) is 4.46. The van der Waals surface area contributed by atoms with E-state index in [0.717, 1.165) is 11.1 Å². The summed E-state index contributed by atoms with van der Waals surface area (Å²) in [5.74, 6) is -0.295. The summed E-state index contributed by atoms with van der Waals surface area (Å²) in [6.07, 6.45) is 0.559. The summed E-state index contributed by atoms with van der Waals surface area (Å²) < 4.78 is 16.3. The molecule has 0 spiro atoms. The number of ether oxygens (including phenoxy) is 3. The summed E-state index contributed by atoms with van der Waals surface area (Å²) >= 11 is 0. The van der Waals surface area contributed by atoms with E-state index in [1.165, 1.54) is 4.90 Å². The SMILES string of the molecule is COCCCN1C(=O)C(=O)/C(=C(/O)c2ccc(OCc3cccc(C)c3)cc2)[C@H]1c1ccc(OC)cc1. The van der Waals surface area contributed by atoms with Crippen LogP contribution in [0.15, 0.2) is 78.4 Å². The first-order chi connectivity index (χ1) is 17.9. The maximum Gasteiger partial charge on any atom is 0.295 e. The summed E-state index contributed by atoms with van der Waals surface area (Å²) in [5.41, 5.74) is 3.40. The van der Waals surface area contributed by atoms with Gasteiger partial charge in [0.2, 0.25) is 0 Å². The van der Waals surface area contributed by atoms with E-state index in [2.05, 4.69) is 6.07 Å². The minimum atomic E-state index is -0.722. The molecule has 1 heterocycles. The van der Waals surface area contributed by atoms with E-state index in [0.29, 0.717) is 48.8 Å². The van der Waals surface area contributed by atoms with E-state index >= 15 is 0 Å². The molecule has 1 amide bonds. The molecule has 1 atom stereocenters. The van der Waals surface area contributed by atoms with E-state index in [4.69, 9.17) is 14.2 Å². The summed E-state index contributed by atoms with van der Waals surface area (Å²) in [7, 11) is 3.16. The Bertz CT molecular complexity index is 1280. The zero-order valence-corrected chi connectivity index (χ0v) is 21.3. The molecule has 0 unspecified atom stereocenters. The number of likely N-dealkylation sites (tertiary alicyclic amines) is 1. The first kappa shape index (κ1) is 26.0. The van der Waals surface area contributed by atoms with Crippen LogP contribution in [0, 0.1) is 6.92 Å². The average molecular weight is 502 g/mol. The van der Waals surface area contributed by atoms with Gasteiger partial charge in [-0.05, 0) is 60.9 Å². The van der Waals surface area contributed by atoms with Gasteiger partial charge < -0.3 is 24.2 Å². The molecule has 3 aromatic carbocycles. The molecule has 0 aliphatic carbocycles. The van der Waals surface area contributed by atoms with Crippen molar-refractivity contribution in [2.75, 3.05) is 27.4 Å². The van der Waals surface area contributed by atoms with Crippen LogP contribution in [-0.2, 0) is 20.9 Å². The van der Waals surface area contributed by atoms with Crippen LogP contribution in [-0.4, -0.2) is 49.1 Å². The van der Waals surface area contributed by atoms with Crippen molar-refractivity contribution in [3.63, 3.8) is 0 Å². The number of hydrogen-bond acceptors (Lipinski definition) is 6. The molecule has 0 saturated carbocycles. The number of carbonyl (C=O) groups is 2. The second-order valence-electron chi connectivity index (χ2n) is 8.91. The Hall–Kier alpha value is -4.10. The smallest absolute Gasteiger partial charge is 0.295 e. The quantitative estimate of drug-likeness (QED) is 0.181. The number of amides is 1. The minimum absolute atomic E-state index is 0.0565. The van der Waals surface area contributed by atoms with Gasteiger partial charge in [-0.2, -0.15) is 0 Å². The standard InChI is InChI=1S/C30H31NO6/c1-20-6-4-7-21(18-20)19-37-25-14-10-23(11-15-25)28(32)26-27(22-8-12-24(36-3)13-9-22)31(16-5-17-35-2)30(34)29(26)33/h4,6-15,18,27,32H,5,16-17,19H2,1-3H3/b28-26+/t27-/m1/s1. The average Bonchev–Trinajstić information content (AvgIpc) is 3.17. The lowest BCUT2D eigenvalue weighted by Gasteiger charge is -2.25. The third-order valence-electron chi connectivity index (χ3n) is 6.33. The van der Waals surface area contributed by atoms with Crippen molar-refractivity contribution in [2.45, 2.75) is 26.0 Å². The second-order valence-corrected chi connectivity index (χ2v) is 8.91. The van der Waals surface area contributed by atoms with E-state index in [9.17, 15) is 14.7 Å². The molecule has 1 fully saturated rings. The number of nitrogens with zero attached hydrogens (tertiary/aromatic N) is 1. The Morgan fingerprint density at radius 1 is 0.946 bits per heavy atom. The Balaban J connectivity index is 1.63. The summed E-state index contributed by atoms with van der Waals surface area (Å²) in [5, 5.41) is 11.2. The van der Waals surface area contributed by atoms with Crippen LogP contribution in [0.25, 0.3) is 5.76 Å². The van der Waals surface area contributed by atoms with Crippen molar-refractivity contribution in [3.8, 4) is 11.5 Å². The molecule has 0 radical (unpaired) electrons. The van der Waals surface area contributed by atoms with Gasteiger partial charge in [-0.1, -0.05) is 42.0 Å². The van der Waals surface area contributed by atoms with Gasteiger partial charge in [0.15, 0.2) is 0 Å².